The smallest absolute Gasteiger partial charge is 0.157 e. The standard InChI is InChI=1S/C10H14N4OS/c1-10(3-2-4-15-10)6-13-9-7(5-11)8(12)14-16-9/h13H,2-4,6H2,1H3,(H2,12,14). The molecular formula is C10H14N4OS. The Balaban J connectivity index is 2.02. The summed E-state index contributed by atoms with van der Waals surface area (Å²) >= 11 is 1.22. The number of nitrogens with one attached hydrogen (secondary N) is 1. The number of nitrogens with two attached hydrogens (primary N) is 1. The summed E-state index contributed by atoms with van der Waals surface area (Å²) in [4.78, 5) is 0. The van der Waals surface area contributed by atoms with Gasteiger partial charge in [0.15, 0.2) is 5.82 Å². The number of nitrogens with zero attached hydrogens (tertiary/aromatic N) is 2. The third kappa shape index (κ3) is 2.10. The molecule has 1 saturated heterocycles. The lowest BCUT2D eigenvalue weighted by molar-refractivity contribution is 0.0316. The largest absolute Gasteiger partial charge is 0.382 e. The van der Waals surface area contributed by atoms with E-state index in [0.29, 0.717) is 17.9 Å². The summed E-state index contributed by atoms with van der Waals surface area (Å²) in [5.74, 6) is 0.299. The first-order chi connectivity index (χ1) is 7.64. The zero-order valence-corrected chi connectivity index (χ0v) is 9.93. The number of aromatic nitrogens is 1. The molecule has 0 amide bonds. The molecule has 0 radical (unpaired) electrons. The van der Waals surface area contributed by atoms with Crippen molar-refractivity contribution in [2.24, 2.45) is 0 Å². The SMILES string of the molecule is CC1(CNc2snc(N)c2C#N)CCCO1. The number of nitrogen functional groups attached to an aromatic ring is 1. The van der Waals surface area contributed by atoms with Gasteiger partial charge < -0.3 is 15.8 Å². The molecule has 16 heavy (non-hydrogen) atoms. The van der Waals surface area contributed by atoms with E-state index in [2.05, 4.69) is 22.7 Å². The summed E-state index contributed by atoms with van der Waals surface area (Å²) in [6, 6.07) is 2.05. The summed E-state index contributed by atoms with van der Waals surface area (Å²) in [5.41, 5.74) is 5.88. The van der Waals surface area contributed by atoms with E-state index in [1.165, 1.54) is 11.5 Å². The Morgan fingerprint density at radius 2 is 2.56 bits per heavy atom. The molecular weight excluding hydrogens is 224 g/mol. The number of ether oxygens (including phenoxy) is 1. The van der Waals surface area contributed by atoms with Crippen LogP contribution in [0.3, 0.4) is 0 Å². The van der Waals surface area contributed by atoms with Gasteiger partial charge in [-0.25, -0.2) is 0 Å². The van der Waals surface area contributed by atoms with Crippen LogP contribution in [0.4, 0.5) is 10.8 Å². The molecule has 86 valence electrons. The highest BCUT2D eigenvalue weighted by molar-refractivity contribution is 7.10. The highest BCUT2D eigenvalue weighted by atomic mass is 32.1. The van der Waals surface area contributed by atoms with Crippen molar-refractivity contribution < 1.29 is 4.74 Å². The summed E-state index contributed by atoms with van der Waals surface area (Å²) in [6.07, 6.45) is 2.13. The van der Waals surface area contributed by atoms with Gasteiger partial charge in [0.2, 0.25) is 0 Å². The molecule has 2 heterocycles. The van der Waals surface area contributed by atoms with Crippen LogP contribution >= 0.6 is 11.5 Å². The van der Waals surface area contributed by atoms with E-state index in [4.69, 9.17) is 15.7 Å². The minimum Gasteiger partial charge on any atom is -0.382 e. The second-order valence-corrected chi connectivity index (χ2v) is 4.91. The quantitative estimate of drug-likeness (QED) is 0.835. The molecule has 1 aromatic rings. The number of hydrogen-bond donors (Lipinski definition) is 2. The van der Waals surface area contributed by atoms with Crippen molar-refractivity contribution in [3.8, 4) is 6.07 Å². The van der Waals surface area contributed by atoms with Gasteiger partial charge in [-0.1, -0.05) is 0 Å². The third-order valence-electron chi connectivity index (χ3n) is 2.75. The average molecular weight is 238 g/mol. The molecule has 1 unspecified atom stereocenters. The molecule has 1 atom stereocenters. The van der Waals surface area contributed by atoms with Crippen LogP contribution in [-0.4, -0.2) is 23.1 Å². The third-order valence-corrected chi connectivity index (χ3v) is 3.57. The first kappa shape index (κ1) is 11.2. The van der Waals surface area contributed by atoms with Gasteiger partial charge in [0, 0.05) is 13.2 Å². The summed E-state index contributed by atoms with van der Waals surface area (Å²) < 4.78 is 9.60. The Kier molecular flexibility index (Phi) is 2.99. The Hall–Kier alpha value is -1.32. The second-order valence-electron chi connectivity index (χ2n) is 4.14. The maximum Gasteiger partial charge on any atom is 0.157 e. The molecule has 1 aliphatic rings. The minimum absolute atomic E-state index is 0.133. The van der Waals surface area contributed by atoms with Crippen LogP contribution in [0.15, 0.2) is 0 Å². The van der Waals surface area contributed by atoms with Gasteiger partial charge in [-0.2, -0.15) is 9.64 Å². The molecule has 0 saturated carbocycles. The molecule has 6 heteroatoms. The lowest BCUT2D eigenvalue weighted by Gasteiger charge is -2.23. The van der Waals surface area contributed by atoms with Crippen LogP contribution in [0, 0.1) is 11.3 Å². The molecule has 0 bridgehead atoms. The van der Waals surface area contributed by atoms with E-state index in [1.807, 2.05) is 0 Å². The Morgan fingerprint density at radius 1 is 1.75 bits per heavy atom. The molecule has 5 nitrogen and oxygen atoms in total. The van der Waals surface area contributed by atoms with E-state index < -0.39 is 0 Å². The van der Waals surface area contributed by atoms with E-state index >= 15 is 0 Å². The molecule has 1 aromatic heterocycles. The summed E-state index contributed by atoms with van der Waals surface area (Å²) in [5, 5.41) is 12.8. The van der Waals surface area contributed by atoms with Crippen LogP contribution in [0.2, 0.25) is 0 Å². The Labute approximate surface area is 98.4 Å². The fraction of sp³-hybridized carbons (Fsp3) is 0.600. The first-order valence-electron chi connectivity index (χ1n) is 5.18. The Morgan fingerprint density at radius 3 is 3.19 bits per heavy atom. The topological polar surface area (TPSA) is 84.0 Å². The predicted octanol–water partition coefficient (Wildman–Crippen LogP) is 1.58. The highest BCUT2D eigenvalue weighted by Crippen LogP contribution is 2.29. The monoisotopic (exact) mass is 238 g/mol. The van der Waals surface area contributed by atoms with Gasteiger partial charge in [0.25, 0.3) is 0 Å². The summed E-state index contributed by atoms with van der Waals surface area (Å²) in [6.45, 7) is 3.57. The predicted molar refractivity (Wildman–Crippen MR) is 63.3 cm³/mol. The van der Waals surface area contributed by atoms with Gasteiger partial charge in [-0.15, -0.1) is 0 Å². The molecule has 3 N–H and O–H groups in total. The zero-order chi connectivity index (χ0) is 11.6. The summed E-state index contributed by atoms with van der Waals surface area (Å²) in [7, 11) is 0. The molecule has 1 fully saturated rings. The zero-order valence-electron chi connectivity index (χ0n) is 9.12. The van der Waals surface area contributed by atoms with Gasteiger partial charge in [-0.3, -0.25) is 0 Å². The van der Waals surface area contributed by atoms with Crippen LogP contribution in [0.1, 0.15) is 25.3 Å². The lowest BCUT2D eigenvalue weighted by Crippen LogP contribution is -2.32. The van der Waals surface area contributed by atoms with Gasteiger partial charge in [0.1, 0.15) is 16.6 Å². The lowest BCUT2D eigenvalue weighted by atomic mass is 10.0. The second kappa shape index (κ2) is 4.28. The van der Waals surface area contributed by atoms with Crippen molar-refractivity contribution in [1.82, 2.24) is 4.37 Å². The van der Waals surface area contributed by atoms with Crippen molar-refractivity contribution >= 4 is 22.4 Å². The number of hydrogen-bond acceptors (Lipinski definition) is 6. The van der Waals surface area contributed by atoms with Crippen molar-refractivity contribution in [3.05, 3.63) is 5.56 Å². The molecule has 2 rings (SSSR count). The normalized spacial score (nSPS) is 24.2. The maximum absolute atomic E-state index is 8.91. The van der Waals surface area contributed by atoms with Crippen LogP contribution in [-0.2, 0) is 4.74 Å². The van der Waals surface area contributed by atoms with Gasteiger partial charge in [0.05, 0.1) is 5.60 Å². The minimum atomic E-state index is -0.133. The first-order valence-corrected chi connectivity index (χ1v) is 5.95. The van der Waals surface area contributed by atoms with Crippen LogP contribution < -0.4 is 11.1 Å². The van der Waals surface area contributed by atoms with Gasteiger partial charge >= 0.3 is 0 Å². The fourth-order valence-electron chi connectivity index (χ4n) is 1.77. The molecule has 0 spiro atoms. The van der Waals surface area contributed by atoms with E-state index in [1.54, 1.807) is 0 Å². The van der Waals surface area contributed by atoms with Crippen LogP contribution in [0.5, 0.6) is 0 Å². The highest BCUT2D eigenvalue weighted by Gasteiger charge is 2.29. The maximum atomic E-state index is 8.91. The van der Waals surface area contributed by atoms with Gasteiger partial charge in [-0.05, 0) is 31.3 Å². The number of anilines is 2. The van der Waals surface area contributed by atoms with E-state index in [-0.39, 0.29) is 5.60 Å². The van der Waals surface area contributed by atoms with Crippen molar-refractivity contribution in [2.75, 3.05) is 24.2 Å². The van der Waals surface area contributed by atoms with Crippen molar-refractivity contribution in [3.63, 3.8) is 0 Å². The van der Waals surface area contributed by atoms with E-state index in [9.17, 15) is 0 Å². The molecule has 0 aliphatic carbocycles. The number of rotatable bonds is 3. The van der Waals surface area contributed by atoms with Crippen molar-refractivity contribution in [2.45, 2.75) is 25.4 Å². The van der Waals surface area contributed by atoms with Crippen molar-refractivity contribution in [1.29, 1.82) is 5.26 Å². The average Bonchev–Trinajstić information content (AvgIpc) is 2.83. The Bertz CT molecular complexity index is 417. The fourth-order valence-corrected chi connectivity index (χ4v) is 2.43. The molecule has 0 aromatic carbocycles. The van der Waals surface area contributed by atoms with Crippen LogP contribution in [0.25, 0.3) is 0 Å². The van der Waals surface area contributed by atoms with E-state index in [0.717, 1.165) is 24.4 Å². The number of nitriles is 1. The molecule has 1 aliphatic heterocycles.